The predicted molar refractivity (Wildman–Crippen MR) is 34.6 cm³/mol. The number of unbranched alkanes of at least 4 members (excludes halogenated alkanes) is 1. The molecular weight excluding hydrogens is 116 g/mol. The summed E-state index contributed by atoms with van der Waals surface area (Å²) in [4.78, 5) is 0. The van der Waals surface area contributed by atoms with Crippen LogP contribution in [0, 0.1) is 6.79 Å². The van der Waals surface area contributed by atoms with E-state index in [1.165, 1.54) is 19.6 Å². The van der Waals surface area contributed by atoms with E-state index >= 15 is 0 Å². The van der Waals surface area contributed by atoms with Crippen molar-refractivity contribution in [2.45, 2.75) is 32.3 Å². The quantitative estimate of drug-likeness (QED) is 0.577. The first-order valence-electron chi connectivity index (χ1n) is 3.52. The SMILES string of the molecule is CCCCC1CO[CH]O1. The van der Waals surface area contributed by atoms with Crippen molar-refractivity contribution in [3.05, 3.63) is 6.79 Å². The minimum Gasteiger partial charge on any atom is -0.345 e. The highest BCUT2D eigenvalue weighted by Crippen LogP contribution is 2.12. The maximum atomic E-state index is 5.11. The molecule has 0 bridgehead atoms. The Morgan fingerprint density at radius 1 is 1.67 bits per heavy atom. The van der Waals surface area contributed by atoms with E-state index in [0.29, 0.717) is 6.10 Å². The van der Waals surface area contributed by atoms with E-state index in [1.54, 1.807) is 0 Å². The molecule has 0 aromatic heterocycles. The van der Waals surface area contributed by atoms with Gasteiger partial charge in [-0.1, -0.05) is 19.8 Å². The number of hydrogen-bond acceptors (Lipinski definition) is 2. The zero-order valence-corrected chi connectivity index (χ0v) is 5.80. The fourth-order valence-corrected chi connectivity index (χ4v) is 0.887. The summed E-state index contributed by atoms with van der Waals surface area (Å²) in [5.74, 6) is 0. The van der Waals surface area contributed by atoms with Crippen molar-refractivity contribution in [1.82, 2.24) is 0 Å². The van der Waals surface area contributed by atoms with Crippen molar-refractivity contribution >= 4 is 0 Å². The normalized spacial score (nSPS) is 27.0. The second kappa shape index (κ2) is 3.85. The van der Waals surface area contributed by atoms with Crippen LogP contribution < -0.4 is 0 Å². The van der Waals surface area contributed by atoms with Gasteiger partial charge >= 0.3 is 0 Å². The highest BCUT2D eigenvalue weighted by molar-refractivity contribution is 4.62. The summed E-state index contributed by atoms with van der Waals surface area (Å²) < 4.78 is 10.0. The van der Waals surface area contributed by atoms with Crippen molar-refractivity contribution in [3.63, 3.8) is 0 Å². The second-order valence-electron chi connectivity index (χ2n) is 2.33. The molecule has 1 unspecified atom stereocenters. The average Bonchev–Trinajstić information content (AvgIpc) is 2.34. The summed E-state index contributed by atoms with van der Waals surface area (Å²) in [6.07, 6.45) is 3.94. The van der Waals surface area contributed by atoms with Crippen LogP contribution in [0.2, 0.25) is 0 Å². The maximum Gasteiger partial charge on any atom is 0.209 e. The molecule has 0 aliphatic carbocycles. The van der Waals surface area contributed by atoms with E-state index in [0.717, 1.165) is 13.0 Å². The first-order chi connectivity index (χ1) is 4.43. The molecule has 1 radical (unpaired) electrons. The molecule has 53 valence electrons. The smallest absolute Gasteiger partial charge is 0.209 e. The highest BCUT2D eigenvalue weighted by Gasteiger charge is 2.14. The van der Waals surface area contributed by atoms with E-state index in [4.69, 9.17) is 9.47 Å². The zero-order valence-electron chi connectivity index (χ0n) is 5.80. The predicted octanol–water partition coefficient (Wildman–Crippen LogP) is 1.71. The molecule has 1 aliphatic rings. The minimum absolute atomic E-state index is 0.338. The summed E-state index contributed by atoms with van der Waals surface area (Å²) in [5.41, 5.74) is 0. The summed E-state index contributed by atoms with van der Waals surface area (Å²) in [7, 11) is 0. The Morgan fingerprint density at radius 2 is 2.56 bits per heavy atom. The summed E-state index contributed by atoms with van der Waals surface area (Å²) in [5, 5.41) is 0. The summed E-state index contributed by atoms with van der Waals surface area (Å²) in [6, 6.07) is 0. The molecule has 0 aromatic carbocycles. The zero-order chi connectivity index (χ0) is 6.53. The molecule has 1 saturated heterocycles. The number of hydrogen-bond donors (Lipinski definition) is 0. The Morgan fingerprint density at radius 3 is 3.11 bits per heavy atom. The number of ether oxygens (including phenoxy) is 2. The van der Waals surface area contributed by atoms with E-state index in [2.05, 4.69) is 6.92 Å². The Balaban J connectivity index is 1.98. The maximum absolute atomic E-state index is 5.11. The lowest BCUT2D eigenvalue weighted by Crippen LogP contribution is -2.07. The average molecular weight is 129 g/mol. The minimum atomic E-state index is 0.338. The third-order valence-corrected chi connectivity index (χ3v) is 1.48. The topological polar surface area (TPSA) is 18.5 Å². The van der Waals surface area contributed by atoms with Crippen molar-refractivity contribution in [2.24, 2.45) is 0 Å². The van der Waals surface area contributed by atoms with Crippen LogP contribution in [0.1, 0.15) is 26.2 Å². The van der Waals surface area contributed by atoms with Crippen LogP contribution in [-0.4, -0.2) is 12.7 Å². The molecule has 0 aromatic rings. The third kappa shape index (κ3) is 2.33. The molecule has 0 amide bonds. The van der Waals surface area contributed by atoms with Crippen LogP contribution in [0.15, 0.2) is 0 Å². The largest absolute Gasteiger partial charge is 0.345 e. The lowest BCUT2D eigenvalue weighted by atomic mass is 10.2. The molecule has 1 rings (SSSR count). The van der Waals surface area contributed by atoms with Crippen LogP contribution >= 0.6 is 0 Å². The van der Waals surface area contributed by atoms with Gasteiger partial charge in [-0.3, -0.25) is 0 Å². The fraction of sp³-hybridized carbons (Fsp3) is 0.857. The molecule has 1 heterocycles. The van der Waals surface area contributed by atoms with Gasteiger partial charge in [0.15, 0.2) is 0 Å². The molecule has 1 aliphatic heterocycles. The van der Waals surface area contributed by atoms with E-state index in [9.17, 15) is 0 Å². The van der Waals surface area contributed by atoms with E-state index < -0.39 is 0 Å². The summed E-state index contributed by atoms with van der Waals surface area (Å²) in [6.45, 7) is 4.37. The van der Waals surface area contributed by atoms with Crippen LogP contribution in [0.3, 0.4) is 0 Å². The van der Waals surface area contributed by atoms with Gasteiger partial charge in [0.25, 0.3) is 0 Å². The molecule has 9 heavy (non-hydrogen) atoms. The lowest BCUT2D eigenvalue weighted by Gasteiger charge is -2.03. The van der Waals surface area contributed by atoms with Crippen molar-refractivity contribution in [2.75, 3.05) is 6.61 Å². The first kappa shape index (κ1) is 7.03. The van der Waals surface area contributed by atoms with Gasteiger partial charge in [0.1, 0.15) is 0 Å². The Labute approximate surface area is 56.2 Å². The van der Waals surface area contributed by atoms with Crippen molar-refractivity contribution in [1.29, 1.82) is 0 Å². The van der Waals surface area contributed by atoms with Crippen molar-refractivity contribution < 1.29 is 9.47 Å². The van der Waals surface area contributed by atoms with Crippen LogP contribution in [0.4, 0.5) is 0 Å². The van der Waals surface area contributed by atoms with Crippen molar-refractivity contribution in [3.8, 4) is 0 Å². The third-order valence-electron chi connectivity index (χ3n) is 1.48. The molecule has 2 nitrogen and oxygen atoms in total. The standard InChI is InChI=1S/C7H13O2/c1-2-3-4-7-5-8-6-9-7/h6-7H,2-5H2,1H3. The van der Waals surface area contributed by atoms with Gasteiger partial charge in [-0.15, -0.1) is 0 Å². The first-order valence-corrected chi connectivity index (χ1v) is 3.52. The number of rotatable bonds is 3. The molecule has 2 heteroatoms. The van der Waals surface area contributed by atoms with Gasteiger partial charge < -0.3 is 9.47 Å². The molecule has 0 N–H and O–H groups in total. The monoisotopic (exact) mass is 129 g/mol. The van der Waals surface area contributed by atoms with Crippen LogP contribution in [0.5, 0.6) is 0 Å². The summed E-state index contributed by atoms with van der Waals surface area (Å²) >= 11 is 0. The van der Waals surface area contributed by atoms with E-state index in [1.807, 2.05) is 0 Å². The van der Waals surface area contributed by atoms with Gasteiger partial charge in [0, 0.05) is 0 Å². The Hall–Kier alpha value is -0.0800. The van der Waals surface area contributed by atoms with Gasteiger partial charge in [0.05, 0.1) is 12.7 Å². The second-order valence-corrected chi connectivity index (χ2v) is 2.33. The van der Waals surface area contributed by atoms with Gasteiger partial charge in [-0.2, -0.15) is 0 Å². The van der Waals surface area contributed by atoms with Gasteiger partial charge in [-0.25, -0.2) is 0 Å². The lowest BCUT2D eigenvalue weighted by molar-refractivity contribution is 0.122. The van der Waals surface area contributed by atoms with E-state index in [-0.39, 0.29) is 0 Å². The van der Waals surface area contributed by atoms with Crippen LogP contribution in [0.25, 0.3) is 0 Å². The van der Waals surface area contributed by atoms with Gasteiger partial charge in [0.2, 0.25) is 6.79 Å². The molecule has 0 saturated carbocycles. The molecule has 0 spiro atoms. The highest BCUT2D eigenvalue weighted by atomic mass is 16.7. The van der Waals surface area contributed by atoms with Gasteiger partial charge in [-0.05, 0) is 6.42 Å². The van der Waals surface area contributed by atoms with Crippen LogP contribution in [-0.2, 0) is 9.47 Å². The molecular formula is C7H13O2. The fourth-order valence-electron chi connectivity index (χ4n) is 0.887. The Kier molecular flexibility index (Phi) is 3.01. The molecule has 1 atom stereocenters. The molecule has 1 fully saturated rings. The Bertz CT molecular complexity index is 67.3.